The maximum Gasteiger partial charge on any atom is 0.335 e. The lowest BCUT2D eigenvalue weighted by Gasteiger charge is -2.49. The Morgan fingerprint density at radius 3 is 3.00 bits per heavy atom. The monoisotopic (exact) mass is 262 g/mol. The zero-order valence-corrected chi connectivity index (χ0v) is 10.6. The van der Waals surface area contributed by atoms with Gasteiger partial charge in [0.15, 0.2) is 5.72 Å². The number of carbonyl (C=O) groups is 2. The summed E-state index contributed by atoms with van der Waals surface area (Å²) in [4.78, 5) is 24.4. The Balaban J connectivity index is 2.09. The first kappa shape index (κ1) is 11.8. The second kappa shape index (κ2) is 3.63. The molecule has 2 aliphatic heterocycles. The van der Waals surface area contributed by atoms with E-state index >= 15 is 0 Å². The Hall–Kier alpha value is -2.24. The number of carboxylic acid groups (broad SMARTS) is 1. The van der Waals surface area contributed by atoms with Gasteiger partial charge in [-0.05, 0) is 25.1 Å². The van der Waals surface area contributed by atoms with Crippen LogP contribution in [0.4, 0.5) is 4.79 Å². The van der Waals surface area contributed by atoms with E-state index in [4.69, 9.17) is 9.84 Å². The number of carboxylic acids is 1. The van der Waals surface area contributed by atoms with Gasteiger partial charge in [-0.25, -0.2) is 9.59 Å². The van der Waals surface area contributed by atoms with Gasteiger partial charge < -0.3 is 15.2 Å². The van der Waals surface area contributed by atoms with Gasteiger partial charge in [0.05, 0.1) is 11.6 Å². The van der Waals surface area contributed by atoms with Gasteiger partial charge in [0.25, 0.3) is 0 Å². The van der Waals surface area contributed by atoms with Crippen molar-refractivity contribution in [2.45, 2.75) is 25.1 Å². The molecule has 6 nitrogen and oxygen atoms in total. The van der Waals surface area contributed by atoms with Crippen LogP contribution in [0.2, 0.25) is 0 Å². The quantitative estimate of drug-likeness (QED) is 0.805. The predicted molar refractivity (Wildman–Crippen MR) is 66.1 cm³/mol. The molecule has 1 fully saturated rings. The first-order chi connectivity index (χ1) is 8.90. The van der Waals surface area contributed by atoms with Crippen molar-refractivity contribution < 1.29 is 19.4 Å². The van der Waals surface area contributed by atoms with Crippen molar-refractivity contribution in [1.82, 2.24) is 10.2 Å². The minimum atomic E-state index is -0.990. The fourth-order valence-electron chi connectivity index (χ4n) is 2.61. The van der Waals surface area contributed by atoms with Gasteiger partial charge in [0.1, 0.15) is 5.75 Å². The fourth-order valence-corrected chi connectivity index (χ4v) is 2.61. The summed E-state index contributed by atoms with van der Waals surface area (Å²) < 4.78 is 5.88. The summed E-state index contributed by atoms with van der Waals surface area (Å²) in [5, 5.41) is 11.9. The predicted octanol–water partition coefficient (Wildman–Crippen LogP) is 1.58. The van der Waals surface area contributed by atoms with E-state index in [-0.39, 0.29) is 17.6 Å². The van der Waals surface area contributed by atoms with Crippen LogP contribution in [0.15, 0.2) is 18.2 Å². The zero-order valence-electron chi connectivity index (χ0n) is 10.6. The molecule has 100 valence electrons. The minimum absolute atomic E-state index is 0.194. The number of aromatic carboxylic acids is 1. The molecule has 2 aliphatic rings. The topological polar surface area (TPSA) is 78.9 Å². The molecule has 6 heteroatoms. The lowest BCUT2D eigenvalue weighted by Crippen LogP contribution is -2.63. The number of urea groups is 1. The molecule has 1 aromatic rings. The van der Waals surface area contributed by atoms with Crippen molar-refractivity contribution in [2.75, 3.05) is 7.05 Å². The normalized spacial score (nSPS) is 28.2. The molecule has 1 aromatic carbocycles. The van der Waals surface area contributed by atoms with Crippen molar-refractivity contribution >= 4 is 12.0 Å². The molecule has 2 N–H and O–H groups in total. The van der Waals surface area contributed by atoms with Gasteiger partial charge in [-0.2, -0.15) is 0 Å². The van der Waals surface area contributed by atoms with Crippen molar-refractivity contribution in [3.63, 3.8) is 0 Å². The standard InChI is InChI=1S/C13H14N2O4/c1-13-6-9(14-12(18)15(13)2)8-5-7(11(16)17)3-4-10(8)19-13/h3-5,9H,6H2,1-2H3,(H,14,18)(H,16,17). The van der Waals surface area contributed by atoms with Gasteiger partial charge >= 0.3 is 12.0 Å². The number of benzene rings is 1. The Morgan fingerprint density at radius 1 is 1.58 bits per heavy atom. The highest BCUT2D eigenvalue weighted by Gasteiger charge is 2.47. The van der Waals surface area contributed by atoms with E-state index < -0.39 is 11.7 Å². The molecule has 2 heterocycles. The van der Waals surface area contributed by atoms with Crippen LogP contribution in [0.3, 0.4) is 0 Å². The Bertz CT molecular complexity index is 586. The van der Waals surface area contributed by atoms with Crippen LogP contribution in [0.5, 0.6) is 5.75 Å². The molecule has 0 radical (unpaired) electrons. The maximum atomic E-state index is 11.9. The van der Waals surface area contributed by atoms with Crippen LogP contribution < -0.4 is 10.1 Å². The molecule has 3 rings (SSSR count). The number of carbonyl (C=O) groups excluding carboxylic acids is 1. The molecule has 2 atom stereocenters. The summed E-state index contributed by atoms with van der Waals surface area (Å²) in [7, 11) is 1.68. The van der Waals surface area contributed by atoms with Gasteiger partial charge in [0, 0.05) is 19.0 Å². The molecule has 0 spiro atoms. The van der Waals surface area contributed by atoms with Crippen LogP contribution in [0.1, 0.15) is 35.3 Å². The average molecular weight is 262 g/mol. The second-order valence-electron chi connectivity index (χ2n) is 5.10. The molecular weight excluding hydrogens is 248 g/mol. The highest BCUT2D eigenvalue weighted by molar-refractivity contribution is 5.88. The lowest BCUT2D eigenvalue weighted by molar-refractivity contribution is -0.0718. The molecule has 1 saturated heterocycles. The smallest absolute Gasteiger partial charge is 0.335 e. The van der Waals surface area contributed by atoms with Gasteiger partial charge in [0.2, 0.25) is 0 Å². The second-order valence-corrected chi connectivity index (χ2v) is 5.10. The number of hydrogen-bond acceptors (Lipinski definition) is 3. The van der Waals surface area contributed by atoms with Crippen LogP contribution in [-0.2, 0) is 0 Å². The Morgan fingerprint density at radius 2 is 2.32 bits per heavy atom. The highest BCUT2D eigenvalue weighted by Crippen LogP contribution is 2.43. The van der Waals surface area contributed by atoms with E-state index in [1.807, 2.05) is 6.92 Å². The molecule has 2 bridgehead atoms. The first-order valence-electron chi connectivity index (χ1n) is 6.01. The SMILES string of the molecule is CN1C(=O)NC2CC1(C)Oc1ccc(C(=O)O)cc12. The summed E-state index contributed by atoms with van der Waals surface area (Å²) in [6, 6.07) is 4.29. The summed E-state index contributed by atoms with van der Waals surface area (Å²) in [6.07, 6.45) is 0.589. The molecule has 0 aromatic heterocycles. The number of amides is 2. The fraction of sp³-hybridized carbons (Fsp3) is 0.385. The lowest BCUT2D eigenvalue weighted by atomic mass is 9.90. The number of fused-ring (bicyclic) bond motifs is 4. The number of nitrogens with one attached hydrogen (secondary N) is 1. The third-order valence-corrected chi connectivity index (χ3v) is 3.86. The van der Waals surface area contributed by atoms with Crippen LogP contribution in [0, 0.1) is 0 Å². The number of hydrogen-bond donors (Lipinski definition) is 2. The van der Waals surface area contributed by atoms with Crippen molar-refractivity contribution in [3.8, 4) is 5.75 Å². The third kappa shape index (κ3) is 1.63. The summed E-state index contributed by atoms with van der Waals surface area (Å²) in [6.45, 7) is 1.85. The van der Waals surface area contributed by atoms with Crippen molar-refractivity contribution in [2.24, 2.45) is 0 Å². The van der Waals surface area contributed by atoms with E-state index in [9.17, 15) is 9.59 Å². The number of nitrogens with zero attached hydrogens (tertiary/aromatic N) is 1. The molecule has 0 aliphatic carbocycles. The van der Waals surface area contributed by atoms with E-state index in [1.165, 1.54) is 11.0 Å². The maximum absolute atomic E-state index is 11.9. The molecular formula is C13H14N2O4. The summed E-state index contributed by atoms with van der Waals surface area (Å²) in [5.74, 6) is -0.369. The van der Waals surface area contributed by atoms with Crippen LogP contribution >= 0.6 is 0 Å². The van der Waals surface area contributed by atoms with Gasteiger partial charge in [-0.15, -0.1) is 0 Å². The van der Waals surface area contributed by atoms with Crippen LogP contribution in [0.25, 0.3) is 0 Å². The molecule has 0 saturated carbocycles. The van der Waals surface area contributed by atoms with Crippen LogP contribution in [-0.4, -0.2) is 34.8 Å². The first-order valence-corrected chi connectivity index (χ1v) is 6.01. The van der Waals surface area contributed by atoms with Crippen molar-refractivity contribution in [3.05, 3.63) is 29.3 Å². The average Bonchev–Trinajstić information content (AvgIpc) is 2.35. The Labute approximate surface area is 110 Å². The molecule has 19 heavy (non-hydrogen) atoms. The van der Waals surface area contributed by atoms with Gasteiger partial charge in [-0.3, -0.25) is 4.90 Å². The van der Waals surface area contributed by atoms with Crippen molar-refractivity contribution in [1.29, 1.82) is 0 Å². The largest absolute Gasteiger partial charge is 0.478 e. The van der Waals surface area contributed by atoms with E-state index in [0.717, 1.165) is 5.56 Å². The zero-order chi connectivity index (χ0) is 13.8. The summed E-state index contributed by atoms with van der Waals surface area (Å²) in [5.41, 5.74) is 0.225. The highest BCUT2D eigenvalue weighted by atomic mass is 16.5. The van der Waals surface area contributed by atoms with Gasteiger partial charge in [-0.1, -0.05) is 0 Å². The Kier molecular flexibility index (Phi) is 2.26. The third-order valence-electron chi connectivity index (χ3n) is 3.86. The van der Waals surface area contributed by atoms with E-state index in [0.29, 0.717) is 12.2 Å². The molecule has 2 unspecified atom stereocenters. The minimum Gasteiger partial charge on any atom is -0.478 e. The van der Waals surface area contributed by atoms with E-state index in [1.54, 1.807) is 19.2 Å². The summed E-state index contributed by atoms with van der Waals surface area (Å²) >= 11 is 0. The number of ether oxygens (including phenoxy) is 1. The number of rotatable bonds is 1. The van der Waals surface area contributed by atoms with E-state index in [2.05, 4.69) is 5.32 Å². The molecule has 2 amide bonds.